The van der Waals surface area contributed by atoms with E-state index >= 15 is 0 Å². The maximum atomic E-state index is 5.41. The Morgan fingerprint density at radius 1 is 1.50 bits per heavy atom. The molecule has 12 heavy (non-hydrogen) atoms. The Bertz CT molecular complexity index is 134. The monoisotopic (exact) mass is 206 g/mol. The van der Waals surface area contributed by atoms with Crippen LogP contribution in [0.1, 0.15) is 40.0 Å². The van der Waals surface area contributed by atoms with Gasteiger partial charge in [0.15, 0.2) is 0 Å². The van der Waals surface area contributed by atoms with Crippen molar-refractivity contribution in [1.29, 1.82) is 0 Å². The number of hydrogen-bond acceptors (Lipinski definition) is 2. The molecule has 1 nitrogen and oxygen atoms in total. The third-order valence-electron chi connectivity index (χ3n) is 1.84. The van der Waals surface area contributed by atoms with Crippen molar-refractivity contribution in [2.75, 3.05) is 0 Å². The van der Waals surface area contributed by atoms with Crippen LogP contribution in [0.15, 0.2) is 0 Å². The maximum absolute atomic E-state index is 5.41. The fourth-order valence-corrected chi connectivity index (χ4v) is 1.32. The molecule has 0 aliphatic rings. The van der Waals surface area contributed by atoms with Crippen LogP contribution in [0.5, 0.6) is 0 Å². The lowest BCUT2D eigenvalue weighted by atomic mass is 10.0. The zero-order valence-electron chi connectivity index (χ0n) is 8.04. The third-order valence-corrected chi connectivity index (χ3v) is 2.04. The average molecular weight is 206 g/mol. The Labute approximate surface area is 86.3 Å². The molecule has 0 heterocycles. The lowest BCUT2D eigenvalue weighted by Crippen LogP contribution is -2.20. The van der Waals surface area contributed by atoms with Crippen molar-refractivity contribution in [3.8, 4) is 0 Å². The number of unbranched alkanes of at least 4 members (excludes halogenated alkanes) is 1. The summed E-state index contributed by atoms with van der Waals surface area (Å²) in [6, 6.07) is 0. The molecule has 0 aromatic heterocycles. The molecule has 0 N–H and O–H groups in total. The minimum atomic E-state index is 0.245. The molecular formula is C9H18OS2. The summed E-state index contributed by atoms with van der Waals surface area (Å²) in [6.45, 7) is 6.47. The first-order valence-electron chi connectivity index (χ1n) is 4.47. The zero-order valence-corrected chi connectivity index (χ0v) is 9.75. The van der Waals surface area contributed by atoms with Crippen molar-refractivity contribution in [3.05, 3.63) is 0 Å². The van der Waals surface area contributed by atoms with Gasteiger partial charge in [-0.2, -0.15) is 0 Å². The average Bonchev–Trinajstić information content (AvgIpc) is 1.96. The molecule has 0 aromatic carbocycles. The van der Waals surface area contributed by atoms with Crippen molar-refractivity contribution in [2.45, 2.75) is 46.1 Å². The fourth-order valence-electron chi connectivity index (χ4n) is 1.06. The summed E-state index contributed by atoms with van der Waals surface area (Å²) in [5, 5.41) is 0. The molecule has 0 saturated heterocycles. The van der Waals surface area contributed by atoms with Crippen LogP contribution in [0.3, 0.4) is 0 Å². The second kappa shape index (κ2) is 6.72. The Morgan fingerprint density at radius 2 is 2.08 bits per heavy atom. The Morgan fingerprint density at radius 3 is 2.42 bits per heavy atom. The highest BCUT2D eigenvalue weighted by Gasteiger charge is 2.14. The molecule has 0 aliphatic heterocycles. The van der Waals surface area contributed by atoms with Crippen LogP contribution < -0.4 is 0 Å². The van der Waals surface area contributed by atoms with Crippen molar-refractivity contribution in [2.24, 2.45) is 5.92 Å². The highest BCUT2D eigenvalue weighted by Crippen LogP contribution is 2.15. The van der Waals surface area contributed by atoms with Gasteiger partial charge in [-0.15, -0.1) is 0 Å². The molecular weight excluding hydrogens is 188 g/mol. The largest absolute Gasteiger partial charge is 0.475 e. The minimum absolute atomic E-state index is 0.245. The van der Waals surface area contributed by atoms with Crippen LogP contribution in [-0.4, -0.2) is 10.5 Å². The molecule has 1 atom stereocenters. The van der Waals surface area contributed by atoms with Crippen LogP contribution in [0.2, 0.25) is 0 Å². The summed E-state index contributed by atoms with van der Waals surface area (Å²) in [6.07, 6.45) is 3.72. The van der Waals surface area contributed by atoms with Crippen LogP contribution in [0.25, 0.3) is 0 Å². The summed E-state index contributed by atoms with van der Waals surface area (Å²) >= 11 is 8.75. The van der Waals surface area contributed by atoms with E-state index in [4.69, 9.17) is 17.0 Å². The van der Waals surface area contributed by atoms with Gasteiger partial charge in [0, 0.05) is 0 Å². The van der Waals surface area contributed by atoms with Crippen LogP contribution in [-0.2, 0) is 4.74 Å². The quantitative estimate of drug-likeness (QED) is 0.545. The van der Waals surface area contributed by atoms with Gasteiger partial charge in [-0.05, 0) is 24.6 Å². The molecule has 0 fully saturated rings. The van der Waals surface area contributed by atoms with E-state index in [1.54, 1.807) is 0 Å². The van der Waals surface area contributed by atoms with E-state index in [2.05, 4.69) is 33.4 Å². The zero-order chi connectivity index (χ0) is 9.56. The molecule has 0 aliphatic carbocycles. The van der Waals surface area contributed by atoms with Crippen molar-refractivity contribution >= 4 is 29.2 Å². The number of ether oxygens (including phenoxy) is 1. The number of rotatable bonds is 5. The smallest absolute Gasteiger partial charge is 0.217 e. The lowest BCUT2D eigenvalue weighted by Gasteiger charge is -2.20. The number of thiol groups is 1. The number of thiocarbonyl (C=S) groups is 1. The van der Waals surface area contributed by atoms with Crippen LogP contribution in [0, 0.1) is 5.92 Å². The highest BCUT2D eigenvalue weighted by atomic mass is 32.1. The van der Waals surface area contributed by atoms with E-state index in [0.29, 0.717) is 10.3 Å². The van der Waals surface area contributed by atoms with Gasteiger partial charge in [0.1, 0.15) is 6.10 Å². The second-order valence-corrected chi connectivity index (χ2v) is 4.39. The summed E-state index contributed by atoms with van der Waals surface area (Å²) in [5.74, 6) is 0.515. The topological polar surface area (TPSA) is 9.23 Å². The predicted molar refractivity (Wildman–Crippen MR) is 60.8 cm³/mol. The van der Waals surface area contributed by atoms with Crippen molar-refractivity contribution in [1.82, 2.24) is 0 Å². The number of hydrogen-bond donors (Lipinski definition) is 1. The SMILES string of the molecule is CCCCC(OC(=S)S)C(C)C. The Hall–Kier alpha value is 0.240. The summed E-state index contributed by atoms with van der Waals surface area (Å²) in [7, 11) is 0. The fraction of sp³-hybridized carbons (Fsp3) is 0.889. The molecule has 0 bridgehead atoms. The van der Waals surface area contributed by atoms with Gasteiger partial charge in [0.2, 0.25) is 4.38 Å². The molecule has 0 rings (SSSR count). The summed E-state index contributed by atoms with van der Waals surface area (Å²) < 4.78 is 5.78. The molecule has 0 amide bonds. The lowest BCUT2D eigenvalue weighted by molar-refractivity contribution is 0.136. The van der Waals surface area contributed by atoms with Gasteiger partial charge in [-0.3, -0.25) is 0 Å². The van der Waals surface area contributed by atoms with Gasteiger partial charge in [-0.25, -0.2) is 0 Å². The van der Waals surface area contributed by atoms with Crippen LogP contribution >= 0.6 is 24.8 Å². The van der Waals surface area contributed by atoms with Gasteiger partial charge in [0.25, 0.3) is 0 Å². The molecule has 0 spiro atoms. The highest BCUT2D eigenvalue weighted by molar-refractivity contribution is 8.10. The van der Waals surface area contributed by atoms with E-state index in [9.17, 15) is 0 Å². The van der Waals surface area contributed by atoms with E-state index in [1.165, 1.54) is 12.8 Å². The van der Waals surface area contributed by atoms with E-state index < -0.39 is 0 Å². The van der Waals surface area contributed by atoms with Crippen molar-refractivity contribution < 1.29 is 4.74 Å². The van der Waals surface area contributed by atoms with Gasteiger partial charge < -0.3 is 4.74 Å². The van der Waals surface area contributed by atoms with E-state index in [-0.39, 0.29) is 6.10 Å². The van der Waals surface area contributed by atoms with Gasteiger partial charge >= 0.3 is 0 Å². The van der Waals surface area contributed by atoms with E-state index in [0.717, 1.165) is 6.42 Å². The molecule has 72 valence electrons. The van der Waals surface area contributed by atoms with Gasteiger partial charge in [0.05, 0.1) is 0 Å². The first-order chi connectivity index (χ1) is 5.57. The normalized spacial score (nSPS) is 13.1. The maximum Gasteiger partial charge on any atom is 0.217 e. The van der Waals surface area contributed by atoms with Crippen molar-refractivity contribution in [3.63, 3.8) is 0 Å². The third kappa shape index (κ3) is 5.84. The summed E-state index contributed by atoms with van der Waals surface area (Å²) in [5.41, 5.74) is 0. The molecule has 0 aromatic rings. The molecule has 3 heteroatoms. The predicted octanol–water partition coefficient (Wildman–Crippen LogP) is 3.43. The van der Waals surface area contributed by atoms with E-state index in [1.807, 2.05) is 0 Å². The molecule has 1 unspecified atom stereocenters. The first-order valence-corrected chi connectivity index (χ1v) is 5.33. The Balaban J connectivity index is 3.78. The Kier molecular flexibility index (Phi) is 6.86. The minimum Gasteiger partial charge on any atom is -0.475 e. The standard InChI is InChI=1S/C9H18OS2/c1-4-5-6-8(7(2)3)10-9(11)12/h7-8H,4-6H2,1-3H3,(H,11,12). The summed E-state index contributed by atoms with van der Waals surface area (Å²) in [4.78, 5) is 0. The van der Waals surface area contributed by atoms with Gasteiger partial charge in [-0.1, -0.05) is 46.2 Å². The second-order valence-electron chi connectivity index (χ2n) is 3.31. The van der Waals surface area contributed by atoms with Crippen LogP contribution in [0.4, 0.5) is 0 Å². The molecule has 0 radical (unpaired) electrons. The first kappa shape index (κ1) is 12.2. The molecule has 0 saturated carbocycles.